The Morgan fingerprint density at radius 2 is 1.96 bits per heavy atom. The Bertz CT molecular complexity index is 718. The van der Waals surface area contributed by atoms with E-state index in [0.29, 0.717) is 23.4 Å². The summed E-state index contributed by atoms with van der Waals surface area (Å²) in [6.45, 7) is 3.77. The molecule has 0 spiro atoms. The van der Waals surface area contributed by atoms with Crippen LogP contribution in [0.5, 0.6) is 5.75 Å². The molecule has 5 nitrogen and oxygen atoms in total. The van der Waals surface area contributed by atoms with Crippen LogP contribution in [0.25, 0.3) is 0 Å². The number of hydrogen-bond acceptors (Lipinski definition) is 4. The van der Waals surface area contributed by atoms with Gasteiger partial charge in [-0.3, -0.25) is 9.59 Å². The fourth-order valence-electron chi connectivity index (χ4n) is 2.33. The smallest absolute Gasteiger partial charge is 0.227 e. The zero-order chi connectivity index (χ0) is 17.0. The Balaban J connectivity index is 2.12. The molecule has 1 aromatic heterocycles. The van der Waals surface area contributed by atoms with Crippen molar-refractivity contribution in [2.45, 2.75) is 26.8 Å². The van der Waals surface area contributed by atoms with E-state index in [4.69, 9.17) is 9.15 Å². The minimum atomic E-state index is -0.0712. The van der Waals surface area contributed by atoms with Gasteiger partial charge in [0.15, 0.2) is 5.78 Å². The fourth-order valence-corrected chi connectivity index (χ4v) is 2.33. The molecule has 122 valence electrons. The molecule has 1 heterocycles. The van der Waals surface area contributed by atoms with Crippen LogP contribution in [-0.4, -0.2) is 30.7 Å². The molecule has 0 saturated heterocycles. The van der Waals surface area contributed by atoms with E-state index in [1.807, 2.05) is 19.1 Å². The lowest BCUT2D eigenvalue weighted by atomic mass is 10.0. The summed E-state index contributed by atoms with van der Waals surface area (Å²) in [4.78, 5) is 25.5. The van der Waals surface area contributed by atoms with Crippen LogP contribution < -0.4 is 4.74 Å². The van der Waals surface area contributed by atoms with Crippen molar-refractivity contribution in [3.05, 3.63) is 53.0 Å². The van der Waals surface area contributed by atoms with Gasteiger partial charge in [-0.25, -0.2) is 0 Å². The molecule has 0 aliphatic rings. The van der Waals surface area contributed by atoms with E-state index in [0.717, 1.165) is 11.5 Å². The summed E-state index contributed by atoms with van der Waals surface area (Å²) in [6, 6.07) is 8.85. The standard InChI is InChI=1S/C18H21NO4/c1-12-5-7-16(23-12)11-19(3)18(21)10-15-9-14(13(2)20)6-8-17(15)22-4/h5-9H,10-11H2,1-4H3. The molecule has 0 bridgehead atoms. The average Bonchev–Trinajstić information content (AvgIpc) is 2.92. The number of hydrogen-bond donors (Lipinski definition) is 0. The third kappa shape index (κ3) is 4.22. The topological polar surface area (TPSA) is 59.8 Å². The van der Waals surface area contributed by atoms with Gasteiger partial charge in [-0.15, -0.1) is 0 Å². The largest absolute Gasteiger partial charge is 0.496 e. The normalized spacial score (nSPS) is 10.4. The third-order valence-electron chi connectivity index (χ3n) is 3.64. The maximum Gasteiger partial charge on any atom is 0.227 e. The van der Waals surface area contributed by atoms with Gasteiger partial charge in [-0.05, 0) is 44.2 Å². The lowest BCUT2D eigenvalue weighted by Gasteiger charge is -2.17. The van der Waals surface area contributed by atoms with Crippen molar-refractivity contribution in [2.75, 3.05) is 14.2 Å². The summed E-state index contributed by atoms with van der Waals surface area (Å²) < 4.78 is 10.8. The van der Waals surface area contributed by atoms with Crippen LogP contribution in [0.2, 0.25) is 0 Å². The number of aryl methyl sites for hydroxylation is 1. The first-order valence-electron chi connectivity index (χ1n) is 7.38. The molecular formula is C18H21NO4. The van der Waals surface area contributed by atoms with E-state index in [9.17, 15) is 9.59 Å². The monoisotopic (exact) mass is 315 g/mol. The van der Waals surface area contributed by atoms with Crippen molar-refractivity contribution in [1.82, 2.24) is 4.90 Å². The summed E-state index contributed by atoms with van der Waals surface area (Å²) >= 11 is 0. The fraction of sp³-hybridized carbons (Fsp3) is 0.333. The van der Waals surface area contributed by atoms with Crippen molar-refractivity contribution >= 4 is 11.7 Å². The van der Waals surface area contributed by atoms with Crippen LogP contribution in [0.1, 0.15) is 34.4 Å². The van der Waals surface area contributed by atoms with E-state index in [1.165, 1.54) is 6.92 Å². The van der Waals surface area contributed by atoms with E-state index >= 15 is 0 Å². The van der Waals surface area contributed by atoms with Gasteiger partial charge in [-0.2, -0.15) is 0 Å². The molecular weight excluding hydrogens is 294 g/mol. The van der Waals surface area contributed by atoms with Crippen LogP contribution in [0, 0.1) is 6.92 Å². The highest BCUT2D eigenvalue weighted by Gasteiger charge is 2.16. The highest BCUT2D eigenvalue weighted by molar-refractivity contribution is 5.94. The maximum absolute atomic E-state index is 12.4. The molecule has 0 saturated carbocycles. The molecule has 0 atom stereocenters. The second kappa shape index (κ2) is 7.13. The first-order chi connectivity index (χ1) is 10.9. The number of amides is 1. The lowest BCUT2D eigenvalue weighted by Crippen LogP contribution is -2.27. The summed E-state index contributed by atoms with van der Waals surface area (Å²) in [5.41, 5.74) is 1.27. The Morgan fingerprint density at radius 3 is 2.52 bits per heavy atom. The molecule has 1 aromatic carbocycles. The van der Waals surface area contributed by atoms with Crippen molar-refractivity contribution in [1.29, 1.82) is 0 Å². The van der Waals surface area contributed by atoms with E-state index in [1.54, 1.807) is 37.3 Å². The van der Waals surface area contributed by atoms with Gasteiger partial charge >= 0.3 is 0 Å². The van der Waals surface area contributed by atoms with Crippen molar-refractivity contribution in [2.24, 2.45) is 0 Å². The molecule has 5 heteroatoms. The van der Waals surface area contributed by atoms with Gasteiger partial charge in [0, 0.05) is 18.2 Å². The number of Topliss-reactive ketones (excluding diaryl/α,β-unsaturated/α-hetero) is 1. The van der Waals surface area contributed by atoms with E-state index in [-0.39, 0.29) is 18.1 Å². The quantitative estimate of drug-likeness (QED) is 0.769. The third-order valence-corrected chi connectivity index (χ3v) is 3.64. The number of ketones is 1. The number of likely N-dealkylation sites (N-methyl/N-ethyl adjacent to an activating group) is 1. The minimum Gasteiger partial charge on any atom is -0.496 e. The summed E-state index contributed by atoms with van der Waals surface area (Å²) in [5, 5.41) is 0. The van der Waals surface area contributed by atoms with Gasteiger partial charge in [0.2, 0.25) is 5.91 Å². The second-order valence-electron chi connectivity index (χ2n) is 5.52. The molecule has 0 unspecified atom stereocenters. The molecule has 0 aliphatic carbocycles. The number of nitrogens with zero attached hydrogens (tertiary/aromatic N) is 1. The summed E-state index contributed by atoms with van der Waals surface area (Å²) in [5.74, 6) is 2.05. The number of rotatable bonds is 6. The van der Waals surface area contributed by atoms with Crippen molar-refractivity contribution in [3.63, 3.8) is 0 Å². The number of ether oxygens (including phenoxy) is 1. The van der Waals surface area contributed by atoms with Crippen molar-refractivity contribution < 1.29 is 18.7 Å². The Labute approximate surface area is 135 Å². The molecule has 2 rings (SSSR count). The van der Waals surface area contributed by atoms with Crippen LogP contribution in [0.15, 0.2) is 34.7 Å². The Hall–Kier alpha value is -2.56. The SMILES string of the molecule is COc1ccc(C(C)=O)cc1CC(=O)N(C)Cc1ccc(C)o1. The first-order valence-corrected chi connectivity index (χ1v) is 7.38. The Kier molecular flexibility index (Phi) is 5.21. The summed E-state index contributed by atoms with van der Waals surface area (Å²) in [6.07, 6.45) is 0.167. The number of methoxy groups -OCH3 is 1. The Morgan fingerprint density at radius 1 is 1.22 bits per heavy atom. The van der Waals surface area contributed by atoms with Gasteiger partial charge in [0.25, 0.3) is 0 Å². The number of benzene rings is 1. The zero-order valence-electron chi connectivity index (χ0n) is 13.9. The predicted octanol–water partition coefficient (Wildman–Crippen LogP) is 3.00. The predicted molar refractivity (Wildman–Crippen MR) is 86.6 cm³/mol. The van der Waals surface area contributed by atoms with Crippen molar-refractivity contribution in [3.8, 4) is 5.75 Å². The molecule has 0 aliphatic heterocycles. The molecule has 23 heavy (non-hydrogen) atoms. The summed E-state index contributed by atoms with van der Waals surface area (Å²) in [7, 11) is 3.27. The average molecular weight is 315 g/mol. The highest BCUT2D eigenvalue weighted by Crippen LogP contribution is 2.22. The number of carbonyl (C=O) groups is 2. The first kappa shape index (κ1) is 16.8. The zero-order valence-corrected chi connectivity index (χ0v) is 13.9. The highest BCUT2D eigenvalue weighted by atomic mass is 16.5. The molecule has 0 fully saturated rings. The second-order valence-corrected chi connectivity index (χ2v) is 5.52. The molecule has 2 aromatic rings. The van der Waals surface area contributed by atoms with E-state index < -0.39 is 0 Å². The van der Waals surface area contributed by atoms with Gasteiger partial charge in [0.1, 0.15) is 17.3 Å². The maximum atomic E-state index is 12.4. The molecule has 0 N–H and O–H groups in total. The van der Waals surface area contributed by atoms with Crippen LogP contribution in [-0.2, 0) is 17.8 Å². The van der Waals surface area contributed by atoms with Gasteiger partial charge < -0.3 is 14.1 Å². The van der Waals surface area contributed by atoms with Gasteiger partial charge in [-0.1, -0.05) is 0 Å². The molecule has 0 radical (unpaired) electrons. The van der Waals surface area contributed by atoms with Crippen LogP contribution in [0.3, 0.4) is 0 Å². The number of carbonyl (C=O) groups excluding carboxylic acids is 2. The minimum absolute atomic E-state index is 0.0410. The van der Waals surface area contributed by atoms with Gasteiger partial charge in [0.05, 0.1) is 20.1 Å². The van der Waals surface area contributed by atoms with Crippen LogP contribution >= 0.6 is 0 Å². The molecule has 1 amide bonds. The van der Waals surface area contributed by atoms with Crippen LogP contribution in [0.4, 0.5) is 0 Å². The van der Waals surface area contributed by atoms with E-state index in [2.05, 4.69) is 0 Å². The lowest BCUT2D eigenvalue weighted by molar-refractivity contribution is -0.129. The number of furan rings is 1.